The highest BCUT2D eigenvalue weighted by Crippen LogP contribution is 2.49. The Labute approximate surface area is 204 Å². The zero-order chi connectivity index (χ0) is 22.1. The molecule has 0 saturated heterocycles. The molecule has 1 unspecified atom stereocenters. The molecule has 0 fully saturated rings. The molecule has 0 bridgehead atoms. The normalized spacial score (nSPS) is 19.4. The molecule has 0 radical (unpaired) electrons. The Bertz CT molecular complexity index is 1440. The van der Waals surface area contributed by atoms with E-state index in [0.717, 1.165) is 10.8 Å². The lowest BCUT2D eigenvalue weighted by atomic mass is 9.64. The zero-order valence-electron chi connectivity index (χ0n) is 18.6. The van der Waals surface area contributed by atoms with E-state index in [9.17, 15) is 0 Å². The van der Waals surface area contributed by atoms with Crippen LogP contribution in [-0.4, -0.2) is 4.43 Å². The summed E-state index contributed by atoms with van der Waals surface area (Å²) in [6.07, 6.45) is 3.45. The van der Waals surface area contributed by atoms with Gasteiger partial charge in [-0.25, -0.2) is 0 Å². The first kappa shape index (κ1) is 21.2. The second-order valence-electron chi connectivity index (χ2n) is 8.70. The van der Waals surface area contributed by atoms with Crippen LogP contribution in [0.2, 0.25) is 0 Å². The molecule has 0 nitrogen and oxygen atoms in total. The molecule has 0 N–H and O–H groups in total. The molecule has 0 aromatic heterocycles. The van der Waals surface area contributed by atoms with Crippen molar-refractivity contribution in [2.24, 2.45) is 5.41 Å². The van der Waals surface area contributed by atoms with E-state index in [1.807, 2.05) is 0 Å². The highest BCUT2D eigenvalue weighted by molar-refractivity contribution is 14.1. The van der Waals surface area contributed by atoms with Gasteiger partial charge in [0.1, 0.15) is 0 Å². The minimum absolute atomic E-state index is 0.0715. The minimum Gasteiger partial charge on any atom is -0.0863 e. The summed E-state index contributed by atoms with van der Waals surface area (Å²) in [6.45, 7) is 4.65. The van der Waals surface area contributed by atoms with E-state index >= 15 is 0 Å². The van der Waals surface area contributed by atoms with Gasteiger partial charge >= 0.3 is 0 Å². The van der Waals surface area contributed by atoms with Crippen molar-refractivity contribution in [3.8, 4) is 0 Å². The summed E-state index contributed by atoms with van der Waals surface area (Å²) in [6, 6.07) is 35.5. The van der Waals surface area contributed by atoms with Gasteiger partial charge in [0.05, 0.1) is 0 Å². The van der Waals surface area contributed by atoms with Crippen LogP contribution in [0.15, 0.2) is 109 Å². The number of fused-ring (bicyclic) bond motifs is 2. The van der Waals surface area contributed by atoms with Crippen LogP contribution in [0.5, 0.6) is 0 Å². The molecule has 0 saturated carbocycles. The summed E-state index contributed by atoms with van der Waals surface area (Å²) in [4.78, 5) is 0. The maximum Gasteiger partial charge on any atom is 0.0197 e. The van der Waals surface area contributed by atoms with E-state index in [1.54, 1.807) is 0 Å². The lowest BCUT2D eigenvalue weighted by molar-refractivity contribution is 0.531. The molecule has 0 spiro atoms. The van der Waals surface area contributed by atoms with Crippen LogP contribution in [0.3, 0.4) is 0 Å². The Morgan fingerprint density at radius 3 is 2.09 bits per heavy atom. The van der Waals surface area contributed by atoms with Gasteiger partial charge in [0.2, 0.25) is 0 Å². The quantitative estimate of drug-likeness (QED) is 0.198. The monoisotopic (exact) mass is 526 g/mol. The van der Waals surface area contributed by atoms with Crippen LogP contribution in [0.4, 0.5) is 0 Å². The fraction of sp³-hybridized carbons (Fsp3) is 0.161. The van der Waals surface area contributed by atoms with Gasteiger partial charge in [-0.15, -0.1) is 0 Å². The van der Waals surface area contributed by atoms with Crippen molar-refractivity contribution in [1.29, 1.82) is 0 Å². The molecule has 5 rings (SSSR count). The van der Waals surface area contributed by atoms with E-state index in [4.69, 9.17) is 0 Å². The molecule has 1 atom stereocenters. The average Bonchev–Trinajstić information content (AvgIpc) is 2.83. The van der Waals surface area contributed by atoms with Crippen molar-refractivity contribution in [3.05, 3.63) is 130 Å². The van der Waals surface area contributed by atoms with E-state index in [-0.39, 0.29) is 5.41 Å². The largest absolute Gasteiger partial charge is 0.0863 e. The number of hydrogen-bond donors (Lipinski definition) is 0. The SMILES string of the molecule is C/C=C1/C(c2ccccc2)=c2ccccc2=C(c2ccc3ccccc3c2)C1(C)CCI. The Balaban J connectivity index is 1.96. The van der Waals surface area contributed by atoms with Gasteiger partial charge < -0.3 is 0 Å². The van der Waals surface area contributed by atoms with Crippen molar-refractivity contribution in [2.75, 3.05) is 4.43 Å². The topological polar surface area (TPSA) is 0 Å². The van der Waals surface area contributed by atoms with Gasteiger partial charge in [-0.2, -0.15) is 0 Å². The van der Waals surface area contributed by atoms with E-state index in [1.165, 1.54) is 49.1 Å². The number of alkyl halides is 1. The molecule has 0 heterocycles. The van der Waals surface area contributed by atoms with Gasteiger partial charge in [-0.1, -0.05) is 127 Å². The van der Waals surface area contributed by atoms with Crippen LogP contribution in [0.25, 0.3) is 21.9 Å². The number of rotatable bonds is 4. The molecule has 0 amide bonds. The fourth-order valence-electron chi connectivity index (χ4n) is 5.42. The van der Waals surface area contributed by atoms with Crippen molar-refractivity contribution >= 4 is 44.5 Å². The third-order valence-electron chi connectivity index (χ3n) is 6.87. The van der Waals surface area contributed by atoms with Crippen LogP contribution in [-0.2, 0) is 0 Å². The average molecular weight is 526 g/mol. The van der Waals surface area contributed by atoms with Crippen molar-refractivity contribution < 1.29 is 0 Å². The second-order valence-corrected chi connectivity index (χ2v) is 9.78. The maximum atomic E-state index is 2.54. The molecule has 32 heavy (non-hydrogen) atoms. The smallest absolute Gasteiger partial charge is 0.0197 e. The highest BCUT2D eigenvalue weighted by atomic mass is 127. The molecule has 158 valence electrons. The van der Waals surface area contributed by atoms with Crippen molar-refractivity contribution in [2.45, 2.75) is 20.3 Å². The summed E-state index contributed by atoms with van der Waals surface area (Å²) in [5.74, 6) is 0. The maximum absolute atomic E-state index is 2.54. The predicted octanol–water partition coefficient (Wildman–Crippen LogP) is 7.03. The molecule has 1 aliphatic carbocycles. The second kappa shape index (κ2) is 8.71. The molecular weight excluding hydrogens is 499 g/mol. The summed E-state index contributed by atoms with van der Waals surface area (Å²) in [7, 11) is 0. The molecule has 4 aromatic rings. The van der Waals surface area contributed by atoms with Crippen LogP contribution in [0, 0.1) is 5.41 Å². The third-order valence-corrected chi connectivity index (χ3v) is 7.40. The first-order chi connectivity index (χ1) is 15.7. The van der Waals surface area contributed by atoms with E-state index in [0.29, 0.717) is 0 Å². The van der Waals surface area contributed by atoms with Gasteiger partial charge in [0.15, 0.2) is 0 Å². The highest BCUT2D eigenvalue weighted by Gasteiger charge is 2.38. The molecule has 1 heteroatoms. The van der Waals surface area contributed by atoms with Crippen molar-refractivity contribution in [1.82, 2.24) is 0 Å². The van der Waals surface area contributed by atoms with Crippen LogP contribution < -0.4 is 10.4 Å². The number of hydrogen-bond acceptors (Lipinski definition) is 0. The third kappa shape index (κ3) is 3.44. The number of allylic oxidation sites excluding steroid dienone is 2. The number of halogens is 1. The summed E-state index contributed by atoms with van der Waals surface area (Å²) in [5.41, 5.74) is 6.81. The molecule has 4 aromatic carbocycles. The van der Waals surface area contributed by atoms with E-state index < -0.39 is 0 Å². The Morgan fingerprint density at radius 1 is 0.719 bits per heavy atom. The summed E-state index contributed by atoms with van der Waals surface area (Å²) in [5, 5.41) is 5.28. The molecule has 1 aliphatic rings. The Hall–Kier alpha value is -2.65. The molecular formula is C31H27I. The van der Waals surface area contributed by atoms with E-state index in [2.05, 4.69) is 140 Å². The Morgan fingerprint density at radius 2 is 1.38 bits per heavy atom. The Kier molecular flexibility index (Phi) is 5.77. The number of benzene rings is 4. The zero-order valence-corrected chi connectivity index (χ0v) is 20.8. The summed E-state index contributed by atoms with van der Waals surface area (Å²) >= 11 is 2.54. The van der Waals surface area contributed by atoms with Gasteiger partial charge in [0, 0.05) is 9.84 Å². The van der Waals surface area contributed by atoms with Gasteiger partial charge in [0.25, 0.3) is 0 Å². The minimum atomic E-state index is -0.0715. The van der Waals surface area contributed by atoms with Gasteiger partial charge in [-0.05, 0) is 68.5 Å². The lowest BCUT2D eigenvalue weighted by Gasteiger charge is -2.40. The van der Waals surface area contributed by atoms with Gasteiger partial charge in [-0.3, -0.25) is 0 Å². The summed E-state index contributed by atoms with van der Waals surface area (Å²) < 4.78 is 1.10. The standard InChI is InChI=1S/C31H27I/c1-3-28-29(23-12-5-4-6-13-23)26-15-9-10-16-27(26)30(31(28,2)19-20-32)25-18-17-22-11-7-8-14-24(22)21-25/h3-18,21H,19-20H2,1-2H3/b28-3-. The fourth-order valence-corrected chi connectivity index (χ4v) is 6.50. The first-order valence-electron chi connectivity index (χ1n) is 11.3. The van der Waals surface area contributed by atoms with Crippen molar-refractivity contribution in [3.63, 3.8) is 0 Å². The first-order valence-corrected chi connectivity index (χ1v) is 12.8. The van der Waals surface area contributed by atoms with Crippen LogP contribution in [0.1, 0.15) is 31.4 Å². The molecule has 0 aliphatic heterocycles. The van der Waals surface area contributed by atoms with Crippen LogP contribution >= 0.6 is 22.6 Å². The lowest BCUT2D eigenvalue weighted by Crippen LogP contribution is -2.42. The predicted molar refractivity (Wildman–Crippen MR) is 146 cm³/mol.